The van der Waals surface area contributed by atoms with Gasteiger partial charge in [-0.1, -0.05) is 11.6 Å². The van der Waals surface area contributed by atoms with Crippen LogP contribution in [0.2, 0.25) is 5.15 Å². The van der Waals surface area contributed by atoms with Crippen LogP contribution in [0.5, 0.6) is 0 Å². The molecule has 0 bridgehead atoms. The van der Waals surface area contributed by atoms with Gasteiger partial charge in [0, 0.05) is 42.3 Å². The molecule has 148 valence electrons. The highest BCUT2D eigenvalue weighted by Gasteiger charge is 2.31. The molecule has 4 aromatic rings. The molecule has 7 nitrogen and oxygen atoms in total. The fourth-order valence-electron chi connectivity index (χ4n) is 3.68. The summed E-state index contributed by atoms with van der Waals surface area (Å²) >= 11 is 6.41. The fraction of sp³-hybridized carbons (Fsp3) is 0.250. The second kappa shape index (κ2) is 6.91. The number of rotatable bonds is 4. The number of benzene rings is 1. The van der Waals surface area contributed by atoms with Crippen molar-refractivity contribution in [2.45, 2.75) is 19.2 Å². The van der Waals surface area contributed by atoms with E-state index in [2.05, 4.69) is 15.1 Å². The summed E-state index contributed by atoms with van der Waals surface area (Å²) in [5.74, 6) is -0.300. The second-order valence-corrected chi connectivity index (χ2v) is 7.56. The second-order valence-electron chi connectivity index (χ2n) is 7.20. The number of fused-ring (bicyclic) bond motifs is 1. The topological polar surface area (TPSA) is 72.0 Å². The van der Waals surface area contributed by atoms with E-state index in [1.165, 1.54) is 18.5 Å². The Bertz CT molecular complexity index is 1180. The van der Waals surface area contributed by atoms with Crippen LogP contribution < -0.4 is 0 Å². The normalized spacial score (nSPS) is 16.3. The van der Waals surface area contributed by atoms with E-state index in [1.807, 2.05) is 26.5 Å². The highest BCUT2D eigenvalue weighted by atomic mass is 35.5. The van der Waals surface area contributed by atoms with Crippen molar-refractivity contribution in [3.8, 4) is 16.8 Å². The smallest absolute Gasteiger partial charge is 0.150 e. The van der Waals surface area contributed by atoms with E-state index >= 15 is 0 Å². The Morgan fingerprint density at radius 2 is 1.93 bits per heavy atom. The SMILES string of the molecule is CC(O)N1CC(n2cc(-c3cn(-c4ccc(F)cc4)c4ncnc(Cl)c34)cn2)C1. The zero-order valence-corrected chi connectivity index (χ0v) is 16.3. The van der Waals surface area contributed by atoms with Crippen molar-refractivity contribution in [3.05, 3.63) is 60.2 Å². The van der Waals surface area contributed by atoms with Gasteiger partial charge < -0.3 is 9.67 Å². The summed E-state index contributed by atoms with van der Waals surface area (Å²) < 4.78 is 17.1. The number of hydrogen-bond acceptors (Lipinski definition) is 5. The maximum absolute atomic E-state index is 13.4. The number of aliphatic hydroxyl groups is 1. The van der Waals surface area contributed by atoms with Crippen molar-refractivity contribution >= 4 is 22.6 Å². The van der Waals surface area contributed by atoms with Crippen molar-refractivity contribution in [3.63, 3.8) is 0 Å². The number of halogens is 2. The summed E-state index contributed by atoms with van der Waals surface area (Å²) in [5, 5.41) is 15.2. The Morgan fingerprint density at radius 3 is 2.66 bits per heavy atom. The van der Waals surface area contributed by atoms with Gasteiger partial charge in [-0.2, -0.15) is 5.10 Å². The Morgan fingerprint density at radius 1 is 1.17 bits per heavy atom. The van der Waals surface area contributed by atoms with Gasteiger partial charge in [0.25, 0.3) is 0 Å². The molecule has 1 unspecified atom stereocenters. The van der Waals surface area contributed by atoms with Crippen LogP contribution in [-0.4, -0.2) is 53.6 Å². The van der Waals surface area contributed by atoms with Gasteiger partial charge >= 0.3 is 0 Å². The molecular formula is C20H18ClFN6O. The molecule has 3 aromatic heterocycles. The van der Waals surface area contributed by atoms with Crippen LogP contribution in [0.3, 0.4) is 0 Å². The third-order valence-corrected chi connectivity index (χ3v) is 5.63. The Hall–Kier alpha value is -2.81. The number of aliphatic hydroxyl groups excluding tert-OH is 1. The Kier molecular flexibility index (Phi) is 4.34. The third-order valence-electron chi connectivity index (χ3n) is 5.35. The number of nitrogens with zero attached hydrogens (tertiary/aromatic N) is 6. The standard InChI is InChI=1S/C20H18ClFN6O/c1-12(29)26-8-16(9-26)28-7-13(6-25-28)17-10-27(15-4-2-14(22)3-5-15)20-18(17)19(21)23-11-24-20/h2-7,10-12,16,29H,8-9H2,1H3. The molecule has 0 saturated carbocycles. The lowest BCUT2D eigenvalue weighted by atomic mass is 10.1. The molecule has 29 heavy (non-hydrogen) atoms. The molecule has 9 heteroatoms. The number of likely N-dealkylation sites (tertiary alicyclic amines) is 1. The molecule has 1 aliphatic heterocycles. The monoisotopic (exact) mass is 412 g/mol. The van der Waals surface area contributed by atoms with E-state index in [9.17, 15) is 9.50 Å². The lowest BCUT2D eigenvalue weighted by molar-refractivity contribution is -0.0510. The van der Waals surface area contributed by atoms with Crippen LogP contribution in [-0.2, 0) is 0 Å². The number of aromatic nitrogens is 5. The summed E-state index contributed by atoms with van der Waals surface area (Å²) in [6, 6.07) is 6.42. The summed E-state index contributed by atoms with van der Waals surface area (Å²) in [4.78, 5) is 10.5. The molecule has 5 rings (SSSR count). The molecule has 4 heterocycles. The average molecular weight is 413 g/mol. The molecule has 0 amide bonds. The van der Waals surface area contributed by atoms with Crippen LogP contribution in [0.4, 0.5) is 4.39 Å². The largest absolute Gasteiger partial charge is 0.379 e. The molecule has 1 atom stereocenters. The van der Waals surface area contributed by atoms with E-state index in [1.54, 1.807) is 25.3 Å². The molecule has 1 fully saturated rings. The first-order chi connectivity index (χ1) is 14.0. The van der Waals surface area contributed by atoms with Gasteiger partial charge in [-0.05, 0) is 31.2 Å². The van der Waals surface area contributed by atoms with E-state index in [4.69, 9.17) is 11.6 Å². The lowest BCUT2D eigenvalue weighted by Crippen LogP contribution is -2.51. The van der Waals surface area contributed by atoms with Crippen molar-refractivity contribution in [1.29, 1.82) is 0 Å². The molecule has 1 aromatic carbocycles. The van der Waals surface area contributed by atoms with Crippen molar-refractivity contribution < 1.29 is 9.50 Å². The maximum Gasteiger partial charge on any atom is 0.150 e. The molecule has 1 aliphatic rings. The van der Waals surface area contributed by atoms with Gasteiger partial charge in [-0.3, -0.25) is 9.58 Å². The van der Waals surface area contributed by atoms with E-state index in [0.717, 1.165) is 35.3 Å². The van der Waals surface area contributed by atoms with Crippen LogP contribution in [0, 0.1) is 5.82 Å². The van der Waals surface area contributed by atoms with Gasteiger partial charge in [-0.15, -0.1) is 0 Å². The van der Waals surface area contributed by atoms with Crippen LogP contribution in [0.15, 0.2) is 49.2 Å². The highest BCUT2D eigenvalue weighted by Crippen LogP contribution is 2.35. The van der Waals surface area contributed by atoms with Crippen LogP contribution in [0.25, 0.3) is 27.8 Å². The molecule has 1 N–H and O–H groups in total. The van der Waals surface area contributed by atoms with Gasteiger partial charge in [0.1, 0.15) is 29.2 Å². The van der Waals surface area contributed by atoms with Gasteiger partial charge in [0.2, 0.25) is 0 Å². The minimum atomic E-state index is -0.453. The molecule has 1 saturated heterocycles. The third kappa shape index (κ3) is 3.09. The molecular weight excluding hydrogens is 395 g/mol. The summed E-state index contributed by atoms with van der Waals surface area (Å²) in [7, 11) is 0. The quantitative estimate of drug-likeness (QED) is 0.521. The van der Waals surface area contributed by atoms with Gasteiger partial charge in [-0.25, -0.2) is 14.4 Å². The Labute approximate surface area is 171 Å². The maximum atomic E-state index is 13.4. The van der Waals surface area contributed by atoms with Crippen molar-refractivity contribution in [2.24, 2.45) is 0 Å². The summed E-state index contributed by atoms with van der Waals surface area (Å²) in [6.45, 7) is 3.26. The van der Waals surface area contributed by atoms with Gasteiger partial charge in [0.05, 0.1) is 17.6 Å². The molecule has 0 spiro atoms. The summed E-state index contributed by atoms with van der Waals surface area (Å²) in [5.41, 5.74) is 3.16. The number of hydrogen-bond donors (Lipinski definition) is 1. The first kappa shape index (κ1) is 18.2. The first-order valence-corrected chi connectivity index (χ1v) is 9.63. The van der Waals surface area contributed by atoms with E-state index < -0.39 is 6.23 Å². The predicted molar refractivity (Wildman–Crippen MR) is 107 cm³/mol. The summed E-state index contributed by atoms with van der Waals surface area (Å²) in [6.07, 6.45) is 6.64. The minimum absolute atomic E-state index is 0.218. The van der Waals surface area contributed by atoms with E-state index in [-0.39, 0.29) is 11.9 Å². The average Bonchev–Trinajstić information content (AvgIpc) is 3.27. The highest BCUT2D eigenvalue weighted by molar-refractivity contribution is 6.35. The van der Waals surface area contributed by atoms with Gasteiger partial charge in [0.15, 0.2) is 0 Å². The fourth-order valence-corrected chi connectivity index (χ4v) is 3.91. The first-order valence-electron chi connectivity index (χ1n) is 9.25. The van der Waals surface area contributed by atoms with Crippen LogP contribution >= 0.6 is 11.6 Å². The Balaban J connectivity index is 1.57. The lowest BCUT2D eigenvalue weighted by Gasteiger charge is -2.40. The molecule has 0 radical (unpaired) electrons. The van der Waals surface area contributed by atoms with E-state index in [0.29, 0.717) is 10.8 Å². The van der Waals surface area contributed by atoms with Crippen molar-refractivity contribution in [2.75, 3.05) is 13.1 Å². The zero-order valence-electron chi connectivity index (χ0n) is 15.6. The minimum Gasteiger partial charge on any atom is -0.379 e. The van der Waals surface area contributed by atoms with Crippen molar-refractivity contribution in [1.82, 2.24) is 29.2 Å². The molecule has 0 aliphatic carbocycles. The zero-order chi connectivity index (χ0) is 20.1. The predicted octanol–water partition coefficient (Wildman–Crippen LogP) is 3.27. The van der Waals surface area contributed by atoms with Crippen LogP contribution in [0.1, 0.15) is 13.0 Å².